The summed E-state index contributed by atoms with van der Waals surface area (Å²) in [4.78, 5) is 14.6. The van der Waals surface area contributed by atoms with Crippen LogP contribution < -0.4 is 0 Å². The van der Waals surface area contributed by atoms with E-state index in [-0.39, 0.29) is 17.9 Å². The number of ketones is 1. The van der Waals surface area contributed by atoms with Crippen molar-refractivity contribution in [1.29, 1.82) is 0 Å². The van der Waals surface area contributed by atoms with Crippen molar-refractivity contribution >= 4 is 29.0 Å². The first kappa shape index (κ1) is 14.8. The molecule has 0 amide bonds. The molecule has 3 nitrogen and oxygen atoms in total. The van der Waals surface area contributed by atoms with E-state index in [2.05, 4.69) is 4.90 Å². The molecule has 19 heavy (non-hydrogen) atoms. The van der Waals surface area contributed by atoms with E-state index in [1.807, 2.05) is 6.92 Å². The summed E-state index contributed by atoms with van der Waals surface area (Å²) in [5.74, 6) is 0.0263. The highest BCUT2D eigenvalue weighted by Gasteiger charge is 2.30. The van der Waals surface area contributed by atoms with Gasteiger partial charge in [0.15, 0.2) is 5.78 Å². The van der Waals surface area contributed by atoms with Crippen LogP contribution in [0.4, 0.5) is 0 Å². The second kappa shape index (κ2) is 6.23. The first-order chi connectivity index (χ1) is 9.02. The van der Waals surface area contributed by atoms with Gasteiger partial charge in [-0.25, -0.2) is 0 Å². The van der Waals surface area contributed by atoms with Gasteiger partial charge in [-0.3, -0.25) is 9.69 Å². The maximum atomic E-state index is 12.4. The number of rotatable bonds is 4. The molecule has 0 saturated carbocycles. The Morgan fingerprint density at radius 1 is 1.47 bits per heavy atom. The summed E-state index contributed by atoms with van der Waals surface area (Å²) in [6.07, 6.45) is 1.18. The summed E-state index contributed by atoms with van der Waals surface area (Å²) in [5, 5.41) is 0.946. The molecule has 0 bridgehead atoms. The van der Waals surface area contributed by atoms with Crippen LogP contribution in [0, 0.1) is 0 Å². The van der Waals surface area contributed by atoms with E-state index in [1.54, 1.807) is 25.3 Å². The van der Waals surface area contributed by atoms with Crippen LogP contribution in [0.2, 0.25) is 10.0 Å². The van der Waals surface area contributed by atoms with Crippen LogP contribution in [-0.4, -0.2) is 43.0 Å². The number of carbonyl (C=O) groups excluding carboxylic acids is 1. The number of methoxy groups -OCH3 is 1. The minimum atomic E-state index is -0.196. The van der Waals surface area contributed by atoms with Gasteiger partial charge in [-0.2, -0.15) is 0 Å². The standard InChI is InChI=1S/C14H17Cl2NO2/c1-9(17-6-5-11(8-17)19-2)14(18)12-4-3-10(15)7-13(12)16/h3-4,7,9,11H,5-6,8H2,1-2H3. The van der Waals surface area contributed by atoms with Crippen LogP contribution >= 0.6 is 23.2 Å². The topological polar surface area (TPSA) is 29.5 Å². The Bertz CT molecular complexity index is 479. The van der Waals surface area contributed by atoms with Crippen molar-refractivity contribution < 1.29 is 9.53 Å². The van der Waals surface area contributed by atoms with E-state index < -0.39 is 0 Å². The highest BCUT2D eigenvalue weighted by molar-refractivity contribution is 6.37. The quantitative estimate of drug-likeness (QED) is 0.799. The number of ether oxygens (including phenoxy) is 1. The molecule has 1 aromatic carbocycles. The van der Waals surface area contributed by atoms with Gasteiger partial charge in [-0.1, -0.05) is 23.2 Å². The number of likely N-dealkylation sites (tertiary alicyclic amines) is 1. The predicted molar refractivity (Wildman–Crippen MR) is 77.2 cm³/mol. The van der Waals surface area contributed by atoms with E-state index in [1.165, 1.54) is 0 Å². The van der Waals surface area contributed by atoms with Gasteiger partial charge in [0.05, 0.1) is 17.2 Å². The Kier molecular flexibility index (Phi) is 4.85. The Morgan fingerprint density at radius 2 is 2.21 bits per heavy atom. The van der Waals surface area contributed by atoms with E-state index in [0.717, 1.165) is 19.5 Å². The molecule has 1 fully saturated rings. The monoisotopic (exact) mass is 301 g/mol. The third-order valence-electron chi connectivity index (χ3n) is 3.63. The summed E-state index contributed by atoms with van der Waals surface area (Å²) >= 11 is 11.9. The largest absolute Gasteiger partial charge is 0.380 e. The van der Waals surface area contributed by atoms with Gasteiger partial charge in [-0.15, -0.1) is 0 Å². The van der Waals surface area contributed by atoms with Crippen LogP contribution in [0.1, 0.15) is 23.7 Å². The molecule has 1 aliphatic rings. The normalized spacial score (nSPS) is 21.6. The zero-order valence-electron chi connectivity index (χ0n) is 11.0. The second-order valence-electron chi connectivity index (χ2n) is 4.81. The maximum absolute atomic E-state index is 12.4. The summed E-state index contributed by atoms with van der Waals surface area (Å²) in [6, 6.07) is 4.78. The number of Topliss-reactive ketones (excluding diaryl/α,β-unsaturated/α-hetero) is 1. The average Bonchev–Trinajstić information content (AvgIpc) is 2.86. The summed E-state index contributed by atoms with van der Waals surface area (Å²) in [7, 11) is 1.71. The Labute approximate surface area is 123 Å². The zero-order valence-corrected chi connectivity index (χ0v) is 12.5. The van der Waals surface area contributed by atoms with Gasteiger partial charge >= 0.3 is 0 Å². The molecule has 0 spiro atoms. The fourth-order valence-corrected chi connectivity index (χ4v) is 2.88. The van der Waals surface area contributed by atoms with Crippen LogP contribution in [0.5, 0.6) is 0 Å². The number of carbonyl (C=O) groups is 1. The molecular weight excluding hydrogens is 285 g/mol. The zero-order chi connectivity index (χ0) is 14.0. The SMILES string of the molecule is COC1CCN(C(C)C(=O)c2ccc(Cl)cc2Cl)C1. The molecule has 2 atom stereocenters. The van der Waals surface area contributed by atoms with Crippen LogP contribution in [0.25, 0.3) is 0 Å². The van der Waals surface area contributed by atoms with E-state index >= 15 is 0 Å². The second-order valence-corrected chi connectivity index (χ2v) is 5.65. The number of hydrogen-bond acceptors (Lipinski definition) is 3. The van der Waals surface area contributed by atoms with Crippen molar-refractivity contribution in [1.82, 2.24) is 4.90 Å². The lowest BCUT2D eigenvalue weighted by Gasteiger charge is -2.23. The summed E-state index contributed by atoms with van der Waals surface area (Å²) < 4.78 is 5.32. The fraction of sp³-hybridized carbons (Fsp3) is 0.500. The van der Waals surface area contributed by atoms with Crippen molar-refractivity contribution in [3.8, 4) is 0 Å². The van der Waals surface area contributed by atoms with Crippen molar-refractivity contribution in [2.75, 3.05) is 20.2 Å². The Hall–Kier alpha value is -0.610. The van der Waals surface area contributed by atoms with Gasteiger partial charge in [0, 0.05) is 30.8 Å². The highest BCUT2D eigenvalue weighted by atomic mass is 35.5. The summed E-state index contributed by atoms with van der Waals surface area (Å²) in [6.45, 7) is 3.57. The molecule has 0 aromatic heterocycles. The van der Waals surface area contributed by atoms with Crippen molar-refractivity contribution in [3.63, 3.8) is 0 Å². The summed E-state index contributed by atoms with van der Waals surface area (Å²) in [5.41, 5.74) is 0.527. The molecule has 104 valence electrons. The van der Waals surface area contributed by atoms with Gasteiger partial charge in [-0.05, 0) is 31.5 Å². The lowest BCUT2D eigenvalue weighted by atomic mass is 10.0. The lowest BCUT2D eigenvalue weighted by molar-refractivity contribution is 0.0801. The minimum absolute atomic E-state index is 0.0263. The molecule has 1 heterocycles. The van der Waals surface area contributed by atoms with Crippen LogP contribution in [0.3, 0.4) is 0 Å². The minimum Gasteiger partial charge on any atom is -0.380 e. The van der Waals surface area contributed by atoms with Gasteiger partial charge in [0.1, 0.15) is 0 Å². The number of benzene rings is 1. The Morgan fingerprint density at radius 3 is 2.79 bits per heavy atom. The van der Waals surface area contributed by atoms with E-state index in [4.69, 9.17) is 27.9 Å². The number of halogens is 2. The number of nitrogens with zero attached hydrogens (tertiary/aromatic N) is 1. The smallest absolute Gasteiger partial charge is 0.181 e. The molecule has 2 unspecified atom stereocenters. The van der Waals surface area contributed by atoms with Gasteiger partial charge in [0.2, 0.25) is 0 Å². The molecule has 1 aliphatic heterocycles. The molecule has 5 heteroatoms. The van der Waals surface area contributed by atoms with Crippen LogP contribution in [-0.2, 0) is 4.74 Å². The van der Waals surface area contributed by atoms with Gasteiger partial charge < -0.3 is 4.74 Å². The van der Waals surface area contributed by atoms with Crippen molar-refractivity contribution in [2.24, 2.45) is 0 Å². The number of hydrogen-bond donors (Lipinski definition) is 0. The average molecular weight is 302 g/mol. The first-order valence-electron chi connectivity index (χ1n) is 6.29. The lowest BCUT2D eigenvalue weighted by Crippen LogP contribution is -2.38. The molecule has 0 radical (unpaired) electrons. The predicted octanol–water partition coefficient (Wildman–Crippen LogP) is 3.29. The molecular formula is C14H17Cl2NO2. The Balaban J connectivity index is 2.11. The highest BCUT2D eigenvalue weighted by Crippen LogP contribution is 2.24. The third-order valence-corrected chi connectivity index (χ3v) is 4.18. The van der Waals surface area contributed by atoms with E-state index in [9.17, 15) is 4.79 Å². The molecule has 1 saturated heterocycles. The van der Waals surface area contributed by atoms with Gasteiger partial charge in [0.25, 0.3) is 0 Å². The van der Waals surface area contributed by atoms with Crippen molar-refractivity contribution in [3.05, 3.63) is 33.8 Å². The van der Waals surface area contributed by atoms with Crippen molar-refractivity contribution in [2.45, 2.75) is 25.5 Å². The third kappa shape index (κ3) is 3.29. The molecule has 2 rings (SSSR count). The molecule has 0 aliphatic carbocycles. The molecule has 0 N–H and O–H groups in total. The first-order valence-corrected chi connectivity index (χ1v) is 7.04. The maximum Gasteiger partial charge on any atom is 0.181 e. The molecule has 1 aromatic rings. The van der Waals surface area contributed by atoms with Crippen LogP contribution in [0.15, 0.2) is 18.2 Å². The fourth-order valence-electron chi connectivity index (χ4n) is 2.38. The van der Waals surface area contributed by atoms with E-state index in [0.29, 0.717) is 15.6 Å².